The van der Waals surface area contributed by atoms with Crippen molar-refractivity contribution in [1.29, 1.82) is 0 Å². The first-order valence-corrected chi connectivity index (χ1v) is 9.84. The number of carbonyl (C=O) groups excluding carboxylic acids is 1. The minimum atomic E-state index is -4.63. The molecule has 124 valence electrons. The Bertz CT molecular complexity index is 967. The molecule has 0 spiro atoms. The zero-order chi connectivity index (χ0) is 17.3. The predicted molar refractivity (Wildman–Crippen MR) is 96.7 cm³/mol. The number of hydrogen-bond donors (Lipinski definition) is 2. The lowest BCUT2D eigenvalue weighted by Gasteiger charge is -2.13. The largest absolute Gasteiger partial charge is 0.300 e. The van der Waals surface area contributed by atoms with Crippen LogP contribution >= 0.6 is 27.3 Å². The second-order valence-corrected chi connectivity index (χ2v) is 8.37. The molecule has 1 amide bonds. The first-order chi connectivity index (χ1) is 11.3. The van der Waals surface area contributed by atoms with Gasteiger partial charge in [-0.2, -0.15) is 8.42 Å². The minimum Gasteiger partial charge on any atom is -0.300 e. The van der Waals surface area contributed by atoms with Crippen molar-refractivity contribution in [2.45, 2.75) is 5.25 Å². The maximum atomic E-state index is 12.4. The lowest BCUT2D eigenvalue weighted by molar-refractivity contribution is -0.116. The fourth-order valence-electron chi connectivity index (χ4n) is 2.19. The quantitative estimate of drug-likeness (QED) is 0.620. The van der Waals surface area contributed by atoms with Crippen molar-refractivity contribution in [1.82, 2.24) is 4.98 Å². The molecule has 6 nitrogen and oxygen atoms in total. The first-order valence-electron chi connectivity index (χ1n) is 6.73. The molecule has 9 heteroatoms. The first kappa shape index (κ1) is 17.0. The average molecular weight is 427 g/mol. The van der Waals surface area contributed by atoms with Gasteiger partial charge in [-0.1, -0.05) is 51.5 Å². The van der Waals surface area contributed by atoms with Crippen LogP contribution in [0.25, 0.3) is 10.2 Å². The summed E-state index contributed by atoms with van der Waals surface area (Å²) in [4.78, 5) is 16.7. The maximum absolute atomic E-state index is 12.4. The minimum absolute atomic E-state index is 0.166. The van der Waals surface area contributed by atoms with Crippen molar-refractivity contribution in [2.75, 3.05) is 5.32 Å². The number of benzene rings is 2. The van der Waals surface area contributed by atoms with Gasteiger partial charge in [0.25, 0.3) is 16.0 Å². The summed E-state index contributed by atoms with van der Waals surface area (Å²) in [7, 11) is -4.63. The van der Waals surface area contributed by atoms with E-state index in [1.807, 2.05) is 18.2 Å². The van der Waals surface area contributed by atoms with Gasteiger partial charge in [0.05, 0.1) is 10.2 Å². The molecule has 0 saturated carbocycles. The highest BCUT2D eigenvalue weighted by atomic mass is 79.9. The number of nitrogens with one attached hydrogen (secondary N) is 1. The summed E-state index contributed by atoms with van der Waals surface area (Å²) in [5.74, 6) is -0.862. The molecule has 2 aromatic carbocycles. The van der Waals surface area contributed by atoms with Gasteiger partial charge >= 0.3 is 0 Å². The number of aromatic nitrogens is 1. The van der Waals surface area contributed by atoms with Crippen LogP contribution in [-0.2, 0) is 14.9 Å². The second-order valence-electron chi connectivity index (χ2n) is 4.92. The fraction of sp³-hybridized carbons (Fsp3) is 0.0667. The summed E-state index contributed by atoms with van der Waals surface area (Å²) < 4.78 is 34.4. The summed E-state index contributed by atoms with van der Waals surface area (Å²) in [5.41, 5.74) is 0.865. The van der Waals surface area contributed by atoms with E-state index in [9.17, 15) is 17.8 Å². The summed E-state index contributed by atoms with van der Waals surface area (Å²) >= 11 is 4.46. The third-order valence-electron chi connectivity index (χ3n) is 3.23. The third-order valence-corrected chi connectivity index (χ3v) is 5.80. The Morgan fingerprint density at radius 2 is 1.83 bits per heavy atom. The molecular formula is C15H11BrN2O4S2. The number of para-hydroxylation sites is 1. The molecule has 0 fully saturated rings. The fourth-order valence-corrected chi connectivity index (χ4v) is 4.16. The van der Waals surface area contributed by atoms with Gasteiger partial charge in [0.2, 0.25) is 0 Å². The average Bonchev–Trinajstić information content (AvgIpc) is 2.90. The summed E-state index contributed by atoms with van der Waals surface area (Å²) in [6.45, 7) is 0. The maximum Gasteiger partial charge on any atom is 0.281 e. The number of carbonyl (C=O) groups is 1. The molecule has 0 radical (unpaired) electrons. The molecule has 0 aliphatic heterocycles. The van der Waals surface area contributed by atoms with E-state index in [-0.39, 0.29) is 10.7 Å². The van der Waals surface area contributed by atoms with E-state index in [1.165, 1.54) is 23.5 Å². The van der Waals surface area contributed by atoms with Crippen molar-refractivity contribution < 1.29 is 17.8 Å². The van der Waals surface area contributed by atoms with Crippen LogP contribution in [0.4, 0.5) is 5.13 Å². The number of halogens is 1. The summed E-state index contributed by atoms with van der Waals surface area (Å²) in [5, 5.41) is 1.01. The van der Waals surface area contributed by atoms with Crippen LogP contribution in [0.15, 0.2) is 53.0 Å². The van der Waals surface area contributed by atoms with Gasteiger partial charge in [-0.25, -0.2) is 4.98 Å². The second kappa shape index (κ2) is 6.60. The predicted octanol–water partition coefficient (Wildman–Crippen LogP) is 3.63. The van der Waals surface area contributed by atoms with E-state index in [2.05, 4.69) is 26.2 Å². The molecule has 0 saturated heterocycles. The zero-order valence-electron chi connectivity index (χ0n) is 12.0. The molecule has 1 heterocycles. The van der Waals surface area contributed by atoms with Crippen molar-refractivity contribution in [3.8, 4) is 0 Å². The van der Waals surface area contributed by atoms with Crippen LogP contribution in [0.3, 0.4) is 0 Å². The van der Waals surface area contributed by atoms with Crippen LogP contribution in [-0.4, -0.2) is 23.9 Å². The Morgan fingerprint density at radius 1 is 1.17 bits per heavy atom. The Labute approximate surface area is 150 Å². The van der Waals surface area contributed by atoms with Gasteiger partial charge in [0.1, 0.15) is 0 Å². The molecule has 1 aromatic heterocycles. The van der Waals surface area contributed by atoms with Gasteiger partial charge in [-0.15, -0.1) is 0 Å². The normalized spacial score (nSPS) is 12.9. The molecule has 24 heavy (non-hydrogen) atoms. The van der Waals surface area contributed by atoms with E-state index in [1.54, 1.807) is 18.2 Å². The molecule has 1 unspecified atom stereocenters. The van der Waals surface area contributed by atoms with Crippen LogP contribution in [0.1, 0.15) is 10.8 Å². The van der Waals surface area contributed by atoms with E-state index >= 15 is 0 Å². The van der Waals surface area contributed by atoms with Crippen LogP contribution < -0.4 is 5.32 Å². The van der Waals surface area contributed by atoms with E-state index in [0.717, 1.165) is 9.17 Å². The number of nitrogens with zero attached hydrogens (tertiary/aromatic N) is 1. The standard InChI is InChI=1S/C15H11BrN2O4S2/c16-10-7-5-9(6-8-10)13(24(20,21)22)14(19)18-15-17-11-3-1-2-4-12(11)23-15/h1-8,13H,(H,17,18,19)(H,20,21,22). The molecule has 1 atom stereocenters. The van der Waals surface area contributed by atoms with Gasteiger partial charge in [-0.3, -0.25) is 9.35 Å². The highest BCUT2D eigenvalue weighted by molar-refractivity contribution is 9.10. The molecule has 0 bridgehead atoms. The smallest absolute Gasteiger partial charge is 0.281 e. The summed E-state index contributed by atoms with van der Waals surface area (Å²) in [6, 6.07) is 13.4. The SMILES string of the molecule is O=C(Nc1nc2ccccc2s1)C(c1ccc(Br)cc1)S(=O)(=O)O. The van der Waals surface area contributed by atoms with Crippen molar-refractivity contribution in [3.63, 3.8) is 0 Å². The van der Waals surface area contributed by atoms with Crippen molar-refractivity contribution in [2.24, 2.45) is 0 Å². The lowest BCUT2D eigenvalue weighted by atomic mass is 10.1. The van der Waals surface area contributed by atoms with Gasteiger partial charge in [0, 0.05) is 4.47 Å². The number of amides is 1. The van der Waals surface area contributed by atoms with Gasteiger partial charge < -0.3 is 5.32 Å². The summed E-state index contributed by atoms with van der Waals surface area (Å²) in [6.07, 6.45) is 0. The number of hydrogen-bond acceptors (Lipinski definition) is 5. The topological polar surface area (TPSA) is 96.4 Å². The highest BCUT2D eigenvalue weighted by Gasteiger charge is 2.33. The van der Waals surface area contributed by atoms with Gasteiger partial charge in [-0.05, 0) is 29.8 Å². The van der Waals surface area contributed by atoms with E-state index in [4.69, 9.17) is 0 Å². The van der Waals surface area contributed by atoms with E-state index in [0.29, 0.717) is 5.52 Å². The van der Waals surface area contributed by atoms with Crippen LogP contribution in [0.5, 0.6) is 0 Å². The zero-order valence-corrected chi connectivity index (χ0v) is 15.2. The molecule has 3 rings (SSSR count). The van der Waals surface area contributed by atoms with Crippen LogP contribution in [0, 0.1) is 0 Å². The number of anilines is 1. The highest BCUT2D eigenvalue weighted by Crippen LogP contribution is 2.29. The number of thiazole rings is 1. The Morgan fingerprint density at radius 3 is 2.46 bits per heavy atom. The molecule has 0 aliphatic rings. The molecule has 2 N–H and O–H groups in total. The lowest BCUT2D eigenvalue weighted by Crippen LogP contribution is -2.27. The molecular weight excluding hydrogens is 416 g/mol. The third kappa shape index (κ3) is 3.64. The number of rotatable bonds is 4. The molecule has 3 aromatic rings. The Kier molecular flexibility index (Phi) is 4.68. The van der Waals surface area contributed by atoms with Crippen LogP contribution in [0.2, 0.25) is 0 Å². The van der Waals surface area contributed by atoms with Crippen molar-refractivity contribution in [3.05, 3.63) is 58.6 Å². The Hall–Kier alpha value is -1.81. The Balaban J connectivity index is 1.93. The number of fused-ring (bicyclic) bond motifs is 1. The monoisotopic (exact) mass is 426 g/mol. The van der Waals surface area contributed by atoms with E-state index < -0.39 is 21.3 Å². The van der Waals surface area contributed by atoms with Crippen molar-refractivity contribution >= 4 is 58.6 Å². The molecule has 0 aliphatic carbocycles. The van der Waals surface area contributed by atoms with Gasteiger partial charge in [0.15, 0.2) is 10.4 Å².